The van der Waals surface area contributed by atoms with Crippen LogP contribution in [0, 0.1) is 39.0 Å². The number of para-hydroxylation sites is 1. The Labute approximate surface area is 164 Å². The van der Waals surface area contributed by atoms with Crippen LogP contribution in [0.15, 0.2) is 42.7 Å². The Morgan fingerprint density at radius 2 is 1.89 bits per heavy atom. The van der Waals surface area contributed by atoms with Crippen molar-refractivity contribution in [2.45, 2.75) is 27.7 Å². The molecule has 1 N–H and O–H groups in total. The minimum absolute atomic E-state index is 0.146. The minimum atomic E-state index is -0.332. The van der Waals surface area contributed by atoms with Crippen molar-refractivity contribution in [2.24, 2.45) is 0 Å². The molecule has 142 valence electrons. The number of nitriles is 1. The first-order valence-electron chi connectivity index (χ1n) is 8.95. The third-order valence-electron chi connectivity index (χ3n) is 4.74. The smallest absolute Gasteiger partial charge is 0.263 e. The molecule has 6 heteroatoms. The fourth-order valence-corrected chi connectivity index (χ4v) is 3.20. The van der Waals surface area contributed by atoms with Crippen molar-refractivity contribution < 1.29 is 9.53 Å². The summed E-state index contributed by atoms with van der Waals surface area (Å²) in [6, 6.07) is 11.7. The van der Waals surface area contributed by atoms with Gasteiger partial charge in [-0.15, -0.1) is 0 Å². The molecule has 6 nitrogen and oxygen atoms in total. The Morgan fingerprint density at radius 1 is 1.18 bits per heavy atom. The van der Waals surface area contributed by atoms with Gasteiger partial charge in [-0.2, -0.15) is 5.26 Å². The van der Waals surface area contributed by atoms with E-state index in [-0.39, 0.29) is 12.5 Å². The molecule has 28 heavy (non-hydrogen) atoms. The van der Waals surface area contributed by atoms with E-state index in [1.54, 1.807) is 12.4 Å². The highest BCUT2D eigenvalue weighted by Gasteiger charge is 2.21. The van der Waals surface area contributed by atoms with Crippen LogP contribution in [0.4, 0.5) is 5.82 Å². The molecule has 3 aromatic rings. The number of carbonyl (C=O) groups is 1. The SMILES string of the molecule is Cc1cccc(C)c1OCC(=O)Nc1c(C#N)c(C)c(C)n1-c1cccnc1. The highest BCUT2D eigenvalue weighted by atomic mass is 16.5. The Hall–Kier alpha value is -3.59. The van der Waals surface area contributed by atoms with Crippen LogP contribution in [0.5, 0.6) is 5.75 Å². The zero-order chi connectivity index (χ0) is 20.3. The number of pyridine rings is 1. The highest BCUT2D eigenvalue weighted by Crippen LogP contribution is 2.29. The van der Waals surface area contributed by atoms with Crippen molar-refractivity contribution in [3.05, 3.63) is 70.7 Å². The standard InChI is InChI=1S/C22H22N4O2/c1-14-7-5-8-15(2)21(14)28-13-20(27)25-22-19(11-23)16(3)17(4)26(22)18-9-6-10-24-12-18/h5-10,12H,13H2,1-4H3,(H,25,27). The number of aromatic nitrogens is 2. The Balaban J connectivity index is 1.89. The number of benzene rings is 1. The van der Waals surface area contributed by atoms with Crippen molar-refractivity contribution in [1.29, 1.82) is 5.26 Å². The van der Waals surface area contributed by atoms with Gasteiger partial charge in [-0.25, -0.2) is 0 Å². The molecule has 2 heterocycles. The topological polar surface area (TPSA) is 79.9 Å². The molecule has 1 amide bonds. The molecule has 2 aromatic heterocycles. The summed E-state index contributed by atoms with van der Waals surface area (Å²) in [4.78, 5) is 16.7. The summed E-state index contributed by atoms with van der Waals surface area (Å²) in [5.41, 5.74) is 4.83. The van der Waals surface area contributed by atoms with E-state index < -0.39 is 0 Å². The second-order valence-corrected chi connectivity index (χ2v) is 6.65. The molecule has 1 aromatic carbocycles. The predicted molar refractivity (Wildman–Crippen MR) is 108 cm³/mol. The fourth-order valence-electron chi connectivity index (χ4n) is 3.20. The van der Waals surface area contributed by atoms with Gasteiger partial charge in [0.25, 0.3) is 5.91 Å². The number of carbonyl (C=O) groups excluding carboxylic acids is 1. The summed E-state index contributed by atoms with van der Waals surface area (Å²) in [7, 11) is 0. The van der Waals surface area contributed by atoms with Crippen LogP contribution in [0.1, 0.15) is 27.9 Å². The second-order valence-electron chi connectivity index (χ2n) is 6.65. The number of hydrogen-bond donors (Lipinski definition) is 1. The van der Waals surface area contributed by atoms with E-state index in [9.17, 15) is 10.1 Å². The molecule has 0 spiro atoms. The molecule has 0 atom stereocenters. The van der Waals surface area contributed by atoms with Crippen LogP contribution < -0.4 is 10.1 Å². The van der Waals surface area contributed by atoms with Gasteiger partial charge in [0.1, 0.15) is 17.6 Å². The van der Waals surface area contributed by atoms with Crippen molar-refractivity contribution in [3.63, 3.8) is 0 Å². The highest BCUT2D eigenvalue weighted by molar-refractivity contribution is 5.93. The van der Waals surface area contributed by atoms with E-state index >= 15 is 0 Å². The minimum Gasteiger partial charge on any atom is -0.483 e. The maximum absolute atomic E-state index is 12.6. The largest absolute Gasteiger partial charge is 0.483 e. The van der Waals surface area contributed by atoms with Gasteiger partial charge in [-0.3, -0.25) is 14.3 Å². The van der Waals surface area contributed by atoms with Crippen LogP contribution >= 0.6 is 0 Å². The van der Waals surface area contributed by atoms with Gasteiger partial charge in [0, 0.05) is 11.9 Å². The van der Waals surface area contributed by atoms with E-state index in [4.69, 9.17) is 4.74 Å². The number of nitrogens with one attached hydrogen (secondary N) is 1. The number of hydrogen-bond acceptors (Lipinski definition) is 4. The number of anilines is 1. The van der Waals surface area contributed by atoms with E-state index in [0.29, 0.717) is 17.1 Å². The van der Waals surface area contributed by atoms with Gasteiger partial charge < -0.3 is 10.1 Å². The van der Waals surface area contributed by atoms with Gasteiger partial charge in [-0.05, 0) is 56.5 Å². The summed E-state index contributed by atoms with van der Waals surface area (Å²) >= 11 is 0. The van der Waals surface area contributed by atoms with Crippen molar-refractivity contribution >= 4 is 11.7 Å². The zero-order valence-electron chi connectivity index (χ0n) is 16.4. The van der Waals surface area contributed by atoms with Gasteiger partial charge in [0.05, 0.1) is 17.4 Å². The molecule has 0 saturated heterocycles. The number of amides is 1. The maximum Gasteiger partial charge on any atom is 0.263 e. The van der Waals surface area contributed by atoms with Crippen LogP contribution in [-0.2, 0) is 4.79 Å². The van der Waals surface area contributed by atoms with E-state index in [1.807, 2.05) is 62.6 Å². The lowest BCUT2D eigenvalue weighted by molar-refractivity contribution is -0.118. The van der Waals surface area contributed by atoms with E-state index in [0.717, 1.165) is 28.1 Å². The van der Waals surface area contributed by atoms with E-state index in [2.05, 4.69) is 16.4 Å². The molecule has 0 aliphatic carbocycles. The summed E-state index contributed by atoms with van der Waals surface area (Å²) in [6.45, 7) is 7.51. The lowest BCUT2D eigenvalue weighted by Crippen LogP contribution is -2.22. The first-order valence-corrected chi connectivity index (χ1v) is 8.95. The lowest BCUT2D eigenvalue weighted by atomic mass is 10.1. The Kier molecular flexibility index (Phi) is 5.46. The van der Waals surface area contributed by atoms with Crippen molar-refractivity contribution in [3.8, 4) is 17.5 Å². The van der Waals surface area contributed by atoms with Crippen LogP contribution in [0.2, 0.25) is 0 Å². The summed E-state index contributed by atoms with van der Waals surface area (Å²) in [5.74, 6) is 0.801. The fraction of sp³-hybridized carbons (Fsp3) is 0.227. The quantitative estimate of drug-likeness (QED) is 0.732. The molecule has 0 radical (unpaired) electrons. The average Bonchev–Trinajstić information content (AvgIpc) is 2.91. The predicted octanol–water partition coefficient (Wildman–Crippen LogP) is 4.00. The summed E-state index contributed by atoms with van der Waals surface area (Å²) in [5, 5.41) is 12.5. The number of ether oxygens (including phenoxy) is 1. The van der Waals surface area contributed by atoms with Crippen molar-refractivity contribution in [1.82, 2.24) is 9.55 Å². The maximum atomic E-state index is 12.6. The first kappa shape index (κ1) is 19.2. The third kappa shape index (κ3) is 3.60. The number of aryl methyl sites for hydroxylation is 2. The molecule has 0 fully saturated rings. The molecule has 0 aliphatic rings. The molecular formula is C22H22N4O2. The van der Waals surface area contributed by atoms with Crippen molar-refractivity contribution in [2.75, 3.05) is 11.9 Å². The van der Waals surface area contributed by atoms with Crippen LogP contribution in [0.3, 0.4) is 0 Å². The first-order chi connectivity index (χ1) is 13.4. The zero-order valence-corrected chi connectivity index (χ0v) is 16.4. The van der Waals surface area contributed by atoms with Crippen LogP contribution in [0.25, 0.3) is 5.69 Å². The molecule has 0 aliphatic heterocycles. The molecule has 0 bridgehead atoms. The third-order valence-corrected chi connectivity index (χ3v) is 4.74. The molecule has 0 unspecified atom stereocenters. The second kappa shape index (κ2) is 7.97. The average molecular weight is 374 g/mol. The van der Waals surface area contributed by atoms with Gasteiger partial charge >= 0.3 is 0 Å². The van der Waals surface area contributed by atoms with E-state index in [1.165, 1.54) is 0 Å². The summed E-state index contributed by atoms with van der Waals surface area (Å²) < 4.78 is 7.57. The molecule has 0 saturated carbocycles. The monoisotopic (exact) mass is 374 g/mol. The number of nitrogens with zero attached hydrogens (tertiary/aromatic N) is 3. The normalized spacial score (nSPS) is 10.4. The number of rotatable bonds is 5. The van der Waals surface area contributed by atoms with Gasteiger partial charge in [0.2, 0.25) is 0 Å². The van der Waals surface area contributed by atoms with Crippen LogP contribution in [-0.4, -0.2) is 22.1 Å². The molecule has 3 rings (SSSR count). The Morgan fingerprint density at radius 3 is 2.50 bits per heavy atom. The van der Waals surface area contributed by atoms with Gasteiger partial charge in [0.15, 0.2) is 6.61 Å². The lowest BCUT2D eigenvalue weighted by Gasteiger charge is -2.14. The Bertz CT molecular complexity index is 1040. The molecular weight excluding hydrogens is 352 g/mol. The summed E-state index contributed by atoms with van der Waals surface area (Å²) in [6.07, 6.45) is 3.37. The van der Waals surface area contributed by atoms with Gasteiger partial charge in [-0.1, -0.05) is 18.2 Å².